The molecule has 128 valence electrons. The summed E-state index contributed by atoms with van der Waals surface area (Å²) >= 11 is 0. The van der Waals surface area contributed by atoms with E-state index >= 15 is 0 Å². The van der Waals surface area contributed by atoms with Gasteiger partial charge in [-0.1, -0.05) is 48.9 Å². The molecular weight excluding hydrogens is 312 g/mol. The van der Waals surface area contributed by atoms with E-state index in [2.05, 4.69) is 17.2 Å². The Morgan fingerprint density at radius 3 is 2.28 bits per heavy atom. The summed E-state index contributed by atoms with van der Waals surface area (Å²) in [5.74, 6) is 0.773. The number of aryl methyl sites for hydroxylation is 3. The normalized spacial score (nSPS) is 10.7. The Hall–Kier alpha value is -2.88. The van der Waals surface area contributed by atoms with Crippen molar-refractivity contribution in [1.82, 2.24) is 10.3 Å². The number of nitrogens with one attached hydrogen (secondary N) is 1. The maximum atomic E-state index is 12.4. The van der Waals surface area contributed by atoms with Crippen molar-refractivity contribution in [2.45, 2.75) is 33.7 Å². The first-order valence-corrected chi connectivity index (χ1v) is 8.47. The second-order valence-corrected chi connectivity index (χ2v) is 6.14. The second kappa shape index (κ2) is 7.34. The monoisotopic (exact) mass is 334 g/mol. The van der Waals surface area contributed by atoms with Crippen molar-refractivity contribution in [3.05, 3.63) is 76.7 Å². The molecule has 0 saturated heterocycles. The van der Waals surface area contributed by atoms with Crippen molar-refractivity contribution in [2.24, 2.45) is 0 Å². The number of nitrogens with zero attached hydrogens (tertiary/aromatic N) is 1. The van der Waals surface area contributed by atoms with Gasteiger partial charge in [-0.15, -0.1) is 0 Å². The van der Waals surface area contributed by atoms with Gasteiger partial charge in [0.2, 0.25) is 5.89 Å². The molecule has 4 heteroatoms. The molecule has 0 spiro atoms. The van der Waals surface area contributed by atoms with Gasteiger partial charge in [-0.2, -0.15) is 0 Å². The first-order chi connectivity index (χ1) is 12.1. The molecule has 0 aliphatic heterocycles. The lowest BCUT2D eigenvalue weighted by Crippen LogP contribution is -2.23. The van der Waals surface area contributed by atoms with Gasteiger partial charge in [0.05, 0.1) is 0 Å². The van der Waals surface area contributed by atoms with E-state index in [0.29, 0.717) is 23.9 Å². The molecule has 0 aliphatic rings. The summed E-state index contributed by atoms with van der Waals surface area (Å²) in [5, 5.41) is 2.90. The maximum absolute atomic E-state index is 12.4. The third kappa shape index (κ3) is 3.97. The lowest BCUT2D eigenvalue weighted by atomic mass is 10.1. The predicted octanol–water partition coefficient (Wildman–Crippen LogP) is 4.45. The Balaban J connectivity index is 1.72. The fourth-order valence-electron chi connectivity index (χ4n) is 2.59. The van der Waals surface area contributed by atoms with Crippen LogP contribution in [0.3, 0.4) is 0 Å². The van der Waals surface area contributed by atoms with Gasteiger partial charge in [0.1, 0.15) is 5.76 Å². The van der Waals surface area contributed by atoms with Crippen molar-refractivity contribution in [1.29, 1.82) is 0 Å². The van der Waals surface area contributed by atoms with Gasteiger partial charge in [0, 0.05) is 12.1 Å². The first kappa shape index (κ1) is 17.0. The predicted molar refractivity (Wildman–Crippen MR) is 98.4 cm³/mol. The molecule has 0 atom stereocenters. The zero-order chi connectivity index (χ0) is 17.8. The molecule has 3 rings (SSSR count). The molecular formula is C21H22N2O2. The fourth-order valence-corrected chi connectivity index (χ4v) is 2.59. The highest BCUT2D eigenvalue weighted by Gasteiger charge is 2.17. The third-order valence-electron chi connectivity index (χ3n) is 4.19. The highest BCUT2D eigenvalue weighted by atomic mass is 16.4. The van der Waals surface area contributed by atoms with Crippen LogP contribution in [0, 0.1) is 13.8 Å². The molecule has 0 unspecified atom stereocenters. The van der Waals surface area contributed by atoms with Crippen LogP contribution in [-0.4, -0.2) is 10.9 Å². The van der Waals surface area contributed by atoms with E-state index in [4.69, 9.17) is 4.42 Å². The highest BCUT2D eigenvalue weighted by molar-refractivity contribution is 5.93. The van der Waals surface area contributed by atoms with Crippen LogP contribution in [0.1, 0.15) is 39.9 Å². The lowest BCUT2D eigenvalue weighted by Gasteiger charge is -2.04. The summed E-state index contributed by atoms with van der Waals surface area (Å²) in [7, 11) is 0. The fraction of sp³-hybridized carbons (Fsp3) is 0.238. The summed E-state index contributed by atoms with van der Waals surface area (Å²) in [6.45, 7) is 6.38. The average Bonchev–Trinajstić information content (AvgIpc) is 3.03. The third-order valence-corrected chi connectivity index (χ3v) is 4.19. The second-order valence-electron chi connectivity index (χ2n) is 6.14. The molecule has 0 saturated carbocycles. The molecule has 0 radical (unpaired) electrons. The van der Waals surface area contributed by atoms with E-state index in [9.17, 15) is 4.79 Å². The van der Waals surface area contributed by atoms with E-state index in [-0.39, 0.29) is 5.91 Å². The van der Waals surface area contributed by atoms with Crippen LogP contribution in [0.5, 0.6) is 0 Å². The molecule has 25 heavy (non-hydrogen) atoms. The van der Waals surface area contributed by atoms with Gasteiger partial charge in [-0.25, -0.2) is 4.98 Å². The van der Waals surface area contributed by atoms with Crippen LogP contribution in [0.2, 0.25) is 0 Å². The maximum Gasteiger partial charge on any atom is 0.273 e. The van der Waals surface area contributed by atoms with Gasteiger partial charge in [-0.3, -0.25) is 4.79 Å². The highest BCUT2D eigenvalue weighted by Crippen LogP contribution is 2.22. The van der Waals surface area contributed by atoms with Crippen molar-refractivity contribution in [3.8, 4) is 11.5 Å². The molecule has 3 aromatic rings. The Morgan fingerprint density at radius 2 is 1.64 bits per heavy atom. The Labute approximate surface area is 147 Å². The number of aromatic nitrogens is 1. The zero-order valence-corrected chi connectivity index (χ0v) is 14.8. The Bertz CT molecular complexity index is 862. The summed E-state index contributed by atoms with van der Waals surface area (Å²) < 4.78 is 5.69. The number of carbonyl (C=O) groups excluding carboxylic acids is 1. The van der Waals surface area contributed by atoms with E-state index < -0.39 is 0 Å². The van der Waals surface area contributed by atoms with Gasteiger partial charge in [-0.05, 0) is 43.5 Å². The standard InChI is InChI=1S/C21H22N2O2/c1-4-16-9-11-18(12-10-16)21-23-19(15(3)25-21)20(24)22-13-17-7-5-14(2)6-8-17/h5-12H,4,13H2,1-3H3,(H,22,24). The van der Waals surface area contributed by atoms with Crippen LogP contribution in [-0.2, 0) is 13.0 Å². The SMILES string of the molecule is CCc1ccc(-c2nc(C(=O)NCc3ccc(C)cc3)c(C)o2)cc1. The zero-order valence-electron chi connectivity index (χ0n) is 14.8. The molecule has 4 nitrogen and oxygen atoms in total. The number of hydrogen-bond acceptors (Lipinski definition) is 3. The number of carbonyl (C=O) groups is 1. The summed E-state index contributed by atoms with van der Waals surface area (Å²) in [4.78, 5) is 16.8. The Morgan fingerprint density at radius 1 is 1.00 bits per heavy atom. The number of rotatable bonds is 5. The molecule has 1 amide bonds. The molecule has 1 aromatic heterocycles. The van der Waals surface area contributed by atoms with Gasteiger partial charge in [0.15, 0.2) is 5.69 Å². The first-order valence-electron chi connectivity index (χ1n) is 8.47. The molecule has 0 bridgehead atoms. The van der Waals surface area contributed by atoms with E-state index in [0.717, 1.165) is 17.5 Å². The lowest BCUT2D eigenvalue weighted by molar-refractivity contribution is 0.0945. The summed E-state index contributed by atoms with van der Waals surface area (Å²) in [5.41, 5.74) is 4.71. The molecule has 0 aliphatic carbocycles. The quantitative estimate of drug-likeness (QED) is 0.750. The molecule has 1 heterocycles. The minimum absolute atomic E-state index is 0.224. The van der Waals surface area contributed by atoms with Crippen molar-refractivity contribution in [2.75, 3.05) is 0 Å². The van der Waals surface area contributed by atoms with Crippen LogP contribution in [0.25, 0.3) is 11.5 Å². The van der Waals surface area contributed by atoms with Crippen molar-refractivity contribution < 1.29 is 9.21 Å². The smallest absolute Gasteiger partial charge is 0.273 e. The van der Waals surface area contributed by atoms with E-state index in [1.54, 1.807) is 6.92 Å². The minimum Gasteiger partial charge on any atom is -0.441 e. The van der Waals surface area contributed by atoms with Gasteiger partial charge in [0.25, 0.3) is 5.91 Å². The summed E-state index contributed by atoms with van der Waals surface area (Å²) in [6, 6.07) is 16.1. The number of oxazole rings is 1. The largest absolute Gasteiger partial charge is 0.441 e. The van der Waals surface area contributed by atoms with Crippen LogP contribution >= 0.6 is 0 Å². The average molecular weight is 334 g/mol. The number of amides is 1. The van der Waals surface area contributed by atoms with Crippen molar-refractivity contribution >= 4 is 5.91 Å². The van der Waals surface area contributed by atoms with Crippen LogP contribution in [0.4, 0.5) is 0 Å². The Kier molecular flexibility index (Phi) is 4.98. The van der Waals surface area contributed by atoms with Crippen LogP contribution < -0.4 is 5.32 Å². The van der Waals surface area contributed by atoms with Crippen LogP contribution in [0.15, 0.2) is 52.9 Å². The van der Waals surface area contributed by atoms with E-state index in [1.807, 2.05) is 55.5 Å². The topological polar surface area (TPSA) is 55.1 Å². The molecule has 0 fully saturated rings. The number of benzene rings is 2. The minimum atomic E-state index is -0.224. The summed E-state index contributed by atoms with van der Waals surface area (Å²) in [6.07, 6.45) is 0.984. The van der Waals surface area contributed by atoms with E-state index in [1.165, 1.54) is 11.1 Å². The molecule has 1 N–H and O–H groups in total. The molecule has 2 aromatic carbocycles. The van der Waals surface area contributed by atoms with Crippen molar-refractivity contribution in [3.63, 3.8) is 0 Å². The number of hydrogen-bond donors (Lipinski definition) is 1. The van der Waals surface area contributed by atoms with Gasteiger partial charge < -0.3 is 9.73 Å². The van der Waals surface area contributed by atoms with Gasteiger partial charge >= 0.3 is 0 Å².